The summed E-state index contributed by atoms with van der Waals surface area (Å²) in [5, 5.41) is 24.0. The van der Waals surface area contributed by atoms with Gasteiger partial charge in [-0.2, -0.15) is 0 Å². The molecule has 1 aromatic carbocycles. The number of hydrogen-bond donors (Lipinski definition) is 3. The third kappa shape index (κ3) is 3.00. The van der Waals surface area contributed by atoms with Crippen LogP contribution in [0.1, 0.15) is 63.0 Å². The summed E-state index contributed by atoms with van der Waals surface area (Å²) in [6, 6.07) is 4.20. The second-order valence-electron chi connectivity index (χ2n) is 12.3. The quantitative estimate of drug-likeness (QED) is 0.576. The number of nitrogens with one attached hydrogen (secondary N) is 1. The van der Waals surface area contributed by atoms with Crippen LogP contribution in [0.5, 0.6) is 11.5 Å². The molecule has 6 aliphatic rings. The molecule has 7 rings (SSSR count). The molecule has 4 fully saturated rings. The molecule has 0 radical (unpaired) electrons. The van der Waals surface area contributed by atoms with E-state index in [1.807, 2.05) is 0 Å². The Kier molecular flexibility index (Phi) is 4.98. The molecule has 2 saturated heterocycles. The van der Waals surface area contributed by atoms with Crippen LogP contribution in [-0.2, 0) is 21.4 Å². The van der Waals surface area contributed by atoms with E-state index in [1.54, 1.807) is 13.0 Å². The van der Waals surface area contributed by atoms with Gasteiger partial charge < -0.3 is 20.3 Å². The average Bonchev–Trinajstić information content (AvgIpc) is 3.59. The Morgan fingerprint density at radius 2 is 1.89 bits per heavy atom. The van der Waals surface area contributed by atoms with E-state index >= 15 is 0 Å². The van der Waals surface area contributed by atoms with E-state index < -0.39 is 16.9 Å². The molecule has 8 nitrogen and oxygen atoms in total. The Hall–Kier alpha value is -2.32. The van der Waals surface area contributed by atoms with Crippen LogP contribution in [0, 0.1) is 11.8 Å². The van der Waals surface area contributed by atoms with Gasteiger partial charge in [0, 0.05) is 31.1 Å². The van der Waals surface area contributed by atoms with Crippen LogP contribution in [0.4, 0.5) is 0 Å². The van der Waals surface area contributed by atoms with Crippen LogP contribution in [0.15, 0.2) is 12.1 Å². The molecule has 36 heavy (non-hydrogen) atoms. The maximum atomic E-state index is 12.8. The molecule has 1 amide bonds. The van der Waals surface area contributed by atoms with Gasteiger partial charge in [0.25, 0.3) is 0 Å². The average molecular weight is 496 g/mol. The maximum Gasteiger partial charge on any atom is 0.306 e. The van der Waals surface area contributed by atoms with Crippen LogP contribution in [-0.4, -0.2) is 81.8 Å². The Labute approximate surface area is 212 Å². The summed E-state index contributed by atoms with van der Waals surface area (Å²) >= 11 is 0. The monoisotopic (exact) mass is 495 g/mol. The van der Waals surface area contributed by atoms with E-state index in [4.69, 9.17) is 4.74 Å². The number of aliphatic carboxylic acids is 1. The van der Waals surface area contributed by atoms with Crippen molar-refractivity contribution in [2.24, 2.45) is 11.8 Å². The fourth-order valence-corrected chi connectivity index (χ4v) is 8.92. The van der Waals surface area contributed by atoms with Crippen molar-refractivity contribution in [3.63, 3.8) is 0 Å². The third-order valence-corrected chi connectivity index (χ3v) is 10.5. The van der Waals surface area contributed by atoms with Gasteiger partial charge in [0.2, 0.25) is 5.91 Å². The first-order valence-electron chi connectivity index (χ1n) is 13.9. The van der Waals surface area contributed by atoms with Gasteiger partial charge in [0.1, 0.15) is 6.10 Å². The van der Waals surface area contributed by atoms with Crippen molar-refractivity contribution >= 4 is 11.9 Å². The first-order valence-corrected chi connectivity index (χ1v) is 13.9. The SMILES string of the molecule is CC(=O)N[C@@]12CCC(N3CCC(C(=O)O)CC3)C3Oc4c(O)ccc5c4[C@@]31CCN(CC1CC1)[C@@H]2C5. The van der Waals surface area contributed by atoms with E-state index in [-0.39, 0.29) is 35.8 Å². The van der Waals surface area contributed by atoms with Crippen LogP contribution in [0.3, 0.4) is 0 Å². The van der Waals surface area contributed by atoms with Gasteiger partial charge in [0.15, 0.2) is 11.5 Å². The summed E-state index contributed by atoms with van der Waals surface area (Å²) in [6.45, 7) is 5.21. The summed E-state index contributed by atoms with van der Waals surface area (Å²) < 4.78 is 6.81. The first kappa shape index (κ1) is 22.8. The number of amides is 1. The summed E-state index contributed by atoms with van der Waals surface area (Å²) in [5.41, 5.74) is 1.56. The van der Waals surface area contributed by atoms with Crippen LogP contribution in [0.2, 0.25) is 0 Å². The summed E-state index contributed by atoms with van der Waals surface area (Å²) in [4.78, 5) is 29.5. The number of aromatic hydroxyl groups is 1. The molecule has 2 bridgehead atoms. The number of nitrogens with zero attached hydrogens (tertiary/aromatic N) is 2. The Morgan fingerprint density at radius 1 is 1.11 bits per heavy atom. The lowest BCUT2D eigenvalue weighted by molar-refractivity contribution is -0.146. The van der Waals surface area contributed by atoms with Crippen molar-refractivity contribution < 1.29 is 24.5 Å². The van der Waals surface area contributed by atoms with Crippen molar-refractivity contribution in [2.45, 2.75) is 87.4 Å². The van der Waals surface area contributed by atoms with Gasteiger partial charge in [-0.3, -0.25) is 19.4 Å². The molecule has 1 aromatic rings. The zero-order chi connectivity index (χ0) is 24.8. The molecule has 2 saturated carbocycles. The summed E-state index contributed by atoms with van der Waals surface area (Å²) in [7, 11) is 0. The minimum atomic E-state index is -0.696. The number of piperidine rings is 2. The predicted molar refractivity (Wildman–Crippen MR) is 132 cm³/mol. The zero-order valence-electron chi connectivity index (χ0n) is 21.0. The number of phenolic OH excluding ortho intramolecular Hbond substituents is 1. The van der Waals surface area contributed by atoms with Gasteiger partial charge in [-0.15, -0.1) is 0 Å². The van der Waals surface area contributed by atoms with Crippen LogP contribution in [0.25, 0.3) is 0 Å². The van der Waals surface area contributed by atoms with Crippen molar-refractivity contribution in [1.82, 2.24) is 15.1 Å². The maximum absolute atomic E-state index is 12.8. The highest BCUT2D eigenvalue weighted by molar-refractivity contribution is 5.76. The summed E-state index contributed by atoms with van der Waals surface area (Å²) in [6.07, 6.45) is 7.26. The van der Waals surface area contributed by atoms with Crippen molar-refractivity contribution in [2.75, 3.05) is 26.2 Å². The Balaban J connectivity index is 1.33. The molecule has 5 atom stereocenters. The second kappa shape index (κ2) is 7.84. The molecule has 3 aliphatic heterocycles. The number of hydrogen-bond acceptors (Lipinski definition) is 6. The van der Waals surface area contributed by atoms with E-state index in [9.17, 15) is 19.8 Å². The minimum Gasteiger partial charge on any atom is -0.504 e. The molecular formula is C28H37N3O5. The molecule has 3 heterocycles. The van der Waals surface area contributed by atoms with Gasteiger partial charge in [-0.1, -0.05) is 6.07 Å². The second-order valence-corrected chi connectivity index (χ2v) is 12.3. The van der Waals surface area contributed by atoms with E-state index in [1.165, 1.54) is 18.4 Å². The Bertz CT molecular complexity index is 1110. The smallest absolute Gasteiger partial charge is 0.306 e. The summed E-state index contributed by atoms with van der Waals surface area (Å²) in [5.74, 6) is 0.615. The highest BCUT2D eigenvalue weighted by Gasteiger charge is 2.74. The van der Waals surface area contributed by atoms with Crippen molar-refractivity contribution in [1.29, 1.82) is 0 Å². The number of carboxylic acids is 1. The lowest BCUT2D eigenvalue weighted by Gasteiger charge is -2.67. The fourth-order valence-electron chi connectivity index (χ4n) is 8.92. The van der Waals surface area contributed by atoms with Gasteiger partial charge >= 0.3 is 5.97 Å². The Morgan fingerprint density at radius 3 is 2.58 bits per heavy atom. The number of carbonyl (C=O) groups excluding carboxylic acids is 1. The van der Waals surface area contributed by atoms with E-state index in [2.05, 4.69) is 21.2 Å². The van der Waals surface area contributed by atoms with Gasteiger partial charge in [-0.05, 0) is 88.5 Å². The fraction of sp³-hybridized carbons (Fsp3) is 0.714. The number of carbonyl (C=O) groups is 2. The minimum absolute atomic E-state index is 0.00386. The first-order chi connectivity index (χ1) is 17.3. The number of likely N-dealkylation sites (tertiary alicyclic amines) is 2. The number of rotatable bonds is 5. The largest absolute Gasteiger partial charge is 0.504 e. The van der Waals surface area contributed by atoms with Gasteiger partial charge in [-0.25, -0.2) is 0 Å². The normalized spacial score (nSPS) is 37.8. The number of benzene rings is 1. The topological polar surface area (TPSA) is 102 Å². The lowest BCUT2D eigenvalue weighted by atomic mass is 9.46. The van der Waals surface area contributed by atoms with Gasteiger partial charge in [0.05, 0.1) is 16.9 Å². The van der Waals surface area contributed by atoms with E-state index in [0.717, 1.165) is 63.3 Å². The zero-order valence-corrected chi connectivity index (χ0v) is 21.0. The van der Waals surface area contributed by atoms with Crippen molar-refractivity contribution in [3.05, 3.63) is 23.3 Å². The molecule has 3 aliphatic carbocycles. The number of phenols is 1. The molecule has 194 valence electrons. The highest BCUT2D eigenvalue weighted by atomic mass is 16.5. The molecule has 2 unspecified atom stereocenters. The molecular weight excluding hydrogens is 458 g/mol. The van der Waals surface area contributed by atoms with Crippen LogP contribution < -0.4 is 10.1 Å². The third-order valence-electron chi connectivity index (χ3n) is 10.5. The molecule has 8 heteroatoms. The molecule has 1 spiro atoms. The standard InChI is InChI=1S/C28H37N3O5/c1-16(32)29-28-9-6-20(30-11-7-18(8-12-30)26(34)35)25-27(28)10-13-31(15-17-2-3-17)22(28)14-19-4-5-21(33)24(36-25)23(19)27/h4-5,17-18,20,22,25,33H,2-3,6-15H2,1H3,(H,29,32)(H,34,35)/t20?,22-,25?,27+,28-/m1/s1. The van der Waals surface area contributed by atoms with Crippen molar-refractivity contribution in [3.8, 4) is 11.5 Å². The molecule has 0 aromatic heterocycles. The van der Waals surface area contributed by atoms with Crippen LogP contribution >= 0.6 is 0 Å². The lowest BCUT2D eigenvalue weighted by Crippen LogP contribution is -2.83. The number of ether oxygens (including phenoxy) is 1. The number of carboxylic acid groups (broad SMARTS) is 1. The predicted octanol–water partition coefficient (Wildman–Crippen LogP) is 2.27. The van der Waals surface area contributed by atoms with E-state index in [0.29, 0.717) is 18.6 Å². The molecule has 3 N–H and O–H groups in total. The highest BCUT2D eigenvalue weighted by Crippen LogP contribution is 2.66.